The average molecular weight is 328 g/mol. The Bertz CT molecular complexity index is 397. The van der Waals surface area contributed by atoms with Gasteiger partial charge >= 0.3 is 6.03 Å². The molecule has 2 saturated heterocycles. The zero-order chi connectivity index (χ0) is 16.2. The SMILES string of the molecule is CC(C)(C)CNC(=O)N1CCC(NC(=O)C2CSCN2)CC1. The fraction of sp³-hybridized carbons (Fsp3) is 0.867. The first-order valence-corrected chi connectivity index (χ1v) is 9.15. The maximum Gasteiger partial charge on any atom is 0.317 e. The van der Waals surface area contributed by atoms with Crippen LogP contribution in [0.3, 0.4) is 0 Å². The van der Waals surface area contributed by atoms with E-state index in [1.165, 1.54) is 0 Å². The quantitative estimate of drug-likeness (QED) is 0.722. The molecule has 2 rings (SSSR count). The molecule has 1 unspecified atom stereocenters. The van der Waals surface area contributed by atoms with E-state index in [4.69, 9.17) is 0 Å². The van der Waals surface area contributed by atoms with E-state index in [1.807, 2.05) is 4.90 Å². The Labute approximate surface area is 137 Å². The van der Waals surface area contributed by atoms with Gasteiger partial charge in [0.25, 0.3) is 0 Å². The minimum absolute atomic E-state index is 0.00793. The highest BCUT2D eigenvalue weighted by Gasteiger charge is 2.28. The summed E-state index contributed by atoms with van der Waals surface area (Å²) in [5, 5.41) is 9.26. The average Bonchev–Trinajstić information content (AvgIpc) is 2.99. The van der Waals surface area contributed by atoms with Crippen molar-refractivity contribution in [1.29, 1.82) is 0 Å². The number of urea groups is 1. The normalized spacial score (nSPS) is 23.4. The number of rotatable bonds is 3. The van der Waals surface area contributed by atoms with E-state index in [-0.39, 0.29) is 29.4 Å². The minimum atomic E-state index is -0.0573. The second-order valence-corrected chi connectivity index (χ2v) is 8.29. The third-order valence-corrected chi connectivity index (χ3v) is 4.87. The van der Waals surface area contributed by atoms with Crippen LogP contribution in [0.1, 0.15) is 33.6 Å². The molecule has 0 spiro atoms. The molecule has 3 amide bonds. The van der Waals surface area contributed by atoms with Gasteiger partial charge in [0.15, 0.2) is 0 Å². The van der Waals surface area contributed by atoms with Gasteiger partial charge in [-0.3, -0.25) is 10.1 Å². The lowest BCUT2D eigenvalue weighted by Crippen LogP contribution is -2.52. The van der Waals surface area contributed by atoms with Crippen LogP contribution >= 0.6 is 11.8 Å². The molecule has 0 aromatic carbocycles. The maximum atomic E-state index is 12.1. The summed E-state index contributed by atoms with van der Waals surface area (Å²) in [6.07, 6.45) is 1.66. The summed E-state index contributed by atoms with van der Waals surface area (Å²) in [6, 6.07) is 0.137. The topological polar surface area (TPSA) is 73.5 Å². The number of hydrogen-bond donors (Lipinski definition) is 3. The predicted octanol–water partition coefficient (Wildman–Crippen LogP) is 0.985. The van der Waals surface area contributed by atoms with Crippen molar-refractivity contribution < 1.29 is 9.59 Å². The zero-order valence-corrected chi connectivity index (χ0v) is 14.6. The van der Waals surface area contributed by atoms with Crippen molar-refractivity contribution in [2.75, 3.05) is 31.3 Å². The van der Waals surface area contributed by atoms with Crippen molar-refractivity contribution >= 4 is 23.7 Å². The van der Waals surface area contributed by atoms with Crippen LogP contribution in [0.2, 0.25) is 0 Å². The number of nitrogens with zero attached hydrogens (tertiary/aromatic N) is 1. The standard InChI is InChI=1S/C15H28N4O2S/c1-15(2,3)9-16-14(21)19-6-4-11(5-7-19)18-13(20)12-8-22-10-17-12/h11-12,17H,4-10H2,1-3H3,(H,16,21)(H,18,20). The molecule has 6 nitrogen and oxygen atoms in total. The van der Waals surface area contributed by atoms with E-state index in [0.29, 0.717) is 19.6 Å². The lowest BCUT2D eigenvalue weighted by atomic mass is 9.97. The van der Waals surface area contributed by atoms with E-state index in [0.717, 1.165) is 24.5 Å². The summed E-state index contributed by atoms with van der Waals surface area (Å²) in [7, 11) is 0. The van der Waals surface area contributed by atoms with Crippen LogP contribution in [0.5, 0.6) is 0 Å². The Morgan fingerprint density at radius 3 is 2.50 bits per heavy atom. The van der Waals surface area contributed by atoms with Gasteiger partial charge in [-0.2, -0.15) is 0 Å². The highest BCUT2D eigenvalue weighted by Crippen LogP contribution is 2.14. The monoisotopic (exact) mass is 328 g/mol. The molecule has 3 N–H and O–H groups in total. The summed E-state index contributed by atoms with van der Waals surface area (Å²) in [4.78, 5) is 26.0. The summed E-state index contributed by atoms with van der Waals surface area (Å²) in [6.45, 7) is 8.38. The van der Waals surface area contributed by atoms with E-state index in [9.17, 15) is 9.59 Å². The van der Waals surface area contributed by atoms with Crippen LogP contribution in [0.25, 0.3) is 0 Å². The Morgan fingerprint density at radius 2 is 1.95 bits per heavy atom. The number of likely N-dealkylation sites (tertiary alicyclic amines) is 1. The van der Waals surface area contributed by atoms with Crippen molar-refractivity contribution in [2.45, 2.75) is 45.7 Å². The lowest BCUT2D eigenvalue weighted by Gasteiger charge is -2.33. The van der Waals surface area contributed by atoms with E-state index in [1.54, 1.807) is 11.8 Å². The van der Waals surface area contributed by atoms with Crippen LogP contribution in [-0.4, -0.2) is 60.2 Å². The van der Waals surface area contributed by atoms with Crippen LogP contribution in [0.4, 0.5) is 4.79 Å². The van der Waals surface area contributed by atoms with Crippen molar-refractivity contribution in [3.63, 3.8) is 0 Å². The van der Waals surface area contributed by atoms with Gasteiger partial charge in [-0.15, -0.1) is 11.8 Å². The van der Waals surface area contributed by atoms with E-state index < -0.39 is 0 Å². The van der Waals surface area contributed by atoms with Gasteiger partial charge < -0.3 is 15.5 Å². The van der Waals surface area contributed by atoms with Gasteiger partial charge in [-0.25, -0.2) is 4.79 Å². The molecule has 2 aliphatic rings. The molecule has 2 heterocycles. The first kappa shape index (κ1) is 17.4. The summed E-state index contributed by atoms with van der Waals surface area (Å²) in [5.41, 5.74) is 0.0915. The van der Waals surface area contributed by atoms with Gasteiger partial charge in [0.1, 0.15) is 0 Å². The van der Waals surface area contributed by atoms with Crippen LogP contribution < -0.4 is 16.0 Å². The second kappa shape index (κ2) is 7.55. The molecule has 0 radical (unpaired) electrons. The number of piperidine rings is 1. The molecule has 0 bridgehead atoms. The minimum Gasteiger partial charge on any atom is -0.352 e. The van der Waals surface area contributed by atoms with Crippen LogP contribution in [0, 0.1) is 5.41 Å². The third kappa shape index (κ3) is 5.35. The molecule has 0 aliphatic carbocycles. The molecular formula is C15H28N4O2S. The lowest BCUT2D eigenvalue weighted by molar-refractivity contribution is -0.123. The van der Waals surface area contributed by atoms with Gasteiger partial charge in [0.2, 0.25) is 5.91 Å². The fourth-order valence-corrected chi connectivity index (χ4v) is 3.49. The summed E-state index contributed by atoms with van der Waals surface area (Å²) < 4.78 is 0. The van der Waals surface area contributed by atoms with Crippen molar-refractivity contribution in [3.05, 3.63) is 0 Å². The van der Waals surface area contributed by atoms with Gasteiger partial charge in [0, 0.05) is 37.3 Å². The molecule has 0 saturated carbocycles. The Hall–Kier alpha value is -0.950. The molecule has 7 heteroatoms. The van der Waals surface area contributed by atoms with E-state index in [2.05, 4.69) is 36.7 Å². The maximum absolute atomic E-state index is 12.1. The number of carbonyl (C=O) groups is 2. The van der Waals surface area contributed by atoms with E-state index >= 15 is 0 Å². The molecule has 2 fully saturated rings. The number of thioether (sulfide) groups is 1. The first-order chi connectivity index (χ1) is 10.3. The number of amides is 3. The smallest absolute Gasteiger partial charge is 0.317 e. The second-order valence-electron chi connectivity index (χ2n) is 7.26. The summed E-state index contributed by atoms with van der Waals surface area (Å²) >= 11 is 1.75. The molecule has 2 aliphatic heterocycles. The molecule has 0 aromatic heterocycles. The zero-order valence-electron chi connectivity index (χ0n) is 13.8. The number of carbonyl (C=O) groups excluding carboxylic acids is 2. The van der Waals surface area contributed by atoms with Gasteiger partial charge in [-0.1, -0.05) is 20.8 Å². The fourth-order valence-electron chi connectivity index (χ4n) is 2.54. The highest BCUT2D eigenvalue weighted by atomic mass is 32.2. The molecule has 126 valence electrons. The molecule has 1 atom stereocenters. The number of nitrogens with one attached hydrogen (secondary N) is 3. The predicted molar refractivity (Wildman–Crippen MR) is 89.8 cm³/mol. The molecule has 22 heavy (non-hydrogen) atoms. The van der Waals surface area contributed by atoms with Crippen LogP contribution in [-0.2, 0) is 4.79 Å². The largest absolute Gasteiger partial charge is 0.352 e. The Morgan fingerprint density at radius 1 is 1.27 bits per heavy atom. The third-order valence-electron chi connectivity index (χ3n) is 3.93. The first-order valence-electron chi connectivity index (χ1n) is 7.99. The van der Waals surface area contributed by atoms with Crippen LogP contribution in [0.15, 0.2) is 0 Å². The van der Waals surface area contributed by atoms with Gasteiger partial charge in [0.05, 0.1) is 6.04 Å². The van der Waals surface area contributed by atoms with Crippen molar-refractivity contribution in [3.8, 4) is 0 Å². The van der Waals surface area contributed by atoms with Crippen molar-refractivity contribution in [1.82, 2.24) is 20.9 Å². The summed E-state index contributed by atoms with van der Waals surface area (Å²) in [5.74, 6) is 1.80. The van der Waals surface area contributed by atoms with Gasteiger partial charge in [-0.05, 0) is 18.3 Å². The molecular weight excluding hydrogens is 300 g/mol. The Balaban J connectivity index is 1.68. The molecule has 0 aromatic rings. The van der Waals surface area contributed by atoms with Crippen molar-refractivity contribution in [2.24, 2.45) is 5.41 Å². The Kier molecular flexibility index (Phi) is 5.97. The highest BCUT2D eigenvalue weighted by molar-refractivity contribution is 7.99. The number of hydrogen-bond acceptors (Lipinski definition) is 4.